The summed E-state index contributed by atoms with van der Waals surface area (Å²) in [7, 11) is 0. The average molecular weight is 310 g/mol. The van der Waals surface area contributed by atoms with E-state index in [1.165, 1.54) is 0 Å². The molecule has 0 atom stereocenters. The summed E-state index contributed by atoms with van der Waals surface area (Å²) >= 11 is 0. The summed E-state index contributed by atoms with van der Waals surface area (Å²) in [6.45, 7) is 4.55. The second kappa shape index (κ2) is 15.8. The van der Waals surface area contributed by atoms with Crippen molar-refractivity contribution in [2.24, 2.45) is 0 Å². The van der Waals surface area contributed by atoms with Gasteiger partial charge in [-0.3, -0.25) is 9.59 Å². The minimum Gasteiger partial charge on any atom is -0.461 e. The first kappa shape index (κ1) is 20.4. The highest BCUT2D eigenvalue weighted by molar-refractivity contribution is 5.69. The van der Waals surface area contributed by atoms with Crippen molar-refractivity contribution in [1.82, 2.24) is 0 Å². The van der Waals surface area contributed by atoms with Crippen molar-refractivity contribution < 1.29 is 19.1 Å². The third-order valence-corrected chi connectivity index (χ3v) is 3.16. The van der Waals surface area contributed by atoms with Crippen LogP contribution in [0.3, 0.4) is 0 Å². The lowest BCUT2D eigenvalue weighted by Crippen LogP contribution is -2.04. The van der Waals surface area contributed by atoms with Crippen LogP contribution in [0.25, 0.3) is 0 Å². The van der Waals surface area contributed by atoms with E-state index >= 15 is 0 Å². The molecule has 0 aromatic rings. The highest BCUT2D eigenvalue weighted by Gasteiger charge is 2.02. The molecule has 0 aromatic heterocycles. The van der Waals surface area contributed by atoms with Crippen molar-refractivity contribution in [3.63, 3.8) is 0 Å². The first-order chi connectivity index (χ1) is 10.7. The minimum atomic E-state index is -0.123. The Kier molecular flexibility index (Phi) is 14.7. The molecule has 22 heavy (non-hydrogen) atoms. The fraction of sp³-hybridized carbons (Fsp3) is 0.667. The molecule has 4 heteroatoms. The third kappa shape index (κ3) is 14.8. The van der Waals surface area contributed by atoms with Crippen molar-refractivity contribution in [3.05, 3.63) is 24.3 Å². The SMILES string of the molecule is C/C=C\COC(=O)CCCCCCCCC(=O)OC/C=C\C. The fourth-order valence-corrected chi connectivity index (χ4v) is 1.86. The molecule has 0 aliphatic carbocycles. The van der Waals surface area contributed by atoms with Gasteiger partial charge in [0.2, 0.25) is 0 Å². The highest BCUT2D eigenvalue weighted by Crippen LogP contribution is 2.09. The average Bonchev–Trinajstić information content (AvgIpc) is 2.50. The van der Waals surface area contributed by atoms with Crippen LogP contribution in [-0.4, -0.2) is 25.2 Å². The predicted octanol–water partition coefficient (Wildman–Crippen LogP) is 4.35. The molecular weight excluding hydrogens is 280 g/mol. The Morgan fingerprint density at radius 1 is 0.682 bits per heavy atom. The molecule has 0 heterocycles. The van der Waals surface area contributed by atoms with Crippen LogP contribution in [0.4, 0.5) is 0 Å². The molecule has 0 bridgehead atoms. The zero-order chi connectivity index (χ0) is 16.5. The summed E-state index contributed by atoms with van der Waals surface area (Å²) in [6.07, 6.45) is 14.4. The van der Waals surface area contributed by atoms with Gasteiger partial charge in [0.15, 0.2) is 0 Å². The van der Waals surface area contributed by atoms with Gasteiger partial charge in [-0.2, -0.15) is 0 Å². The third-order valence-electron chi connectivity index (χ3n) is 3.16. The van der Waals surface area contributed by atoms with Gasteiger partial charge in [0.1, 0.15) is 13.2 Å². The zero-order valence-corrected chi connectivity index (χ0v) is 14.0. The largest absolute Gasteiger partial charge is 0.461 e. The quantitative estimate of drug-likeness (QED) is 0.288. The van der Waals surface area contributed by atoms with Crippen LogP contribution in [-0.2, 0) is 19.1 Å². The lowest BCUT2D eigenvalue weighted by molar-refractivity contribution is -0.143. The summed E-state index contributed by atoms with van der Waals surface area (Å²) in [5.41, 5.74) is 0. The van der Waals surface area contributed by atoms with Crippen molar-refractivity contribution in [2.75, 3.05) is 13.2 Å². The maximum Gasteiger partial charge on any atom is 0.306 e. The van der Waals surface area contributed by atoms with Gasteiger partial charge in [-0.1, -0.05) is 50.0 Å². The number of ether oxygens (including phenoxy) is 2. The molecule has 0 spiro atoms. The van der Waals surface area contributed by atoms with Gasteiger partial charge in [-0.15, -0.1) is 0 Å². The van der Waals surface area contributed by atoms with Gasteiger partial charge in [-0.25, -0.2) is 0 Å². The second-order valence-electron chi connectivity index (χ2n) is 5.13. The molecule has 4 nitrogen and oxygen atoms in total. The first-order valence-electron chi connectivity index (χ1n) is 8.24. The number of carbonyl (C=O) groups excluding carboxylic acids is 2. The smallest absolute Gasteiger partial charge is 0.306 e. The second-order valence-corrected chi connectivity index (χ2v) is 5.13. The number of allylic oxidation sites excluding steroid dienone is 2. The summed E-state index contributed by atoms with van der Waals surface area (Å²) in [5.74, 6) is -0.246. The Hall–Kier alpha value is -1.58. The van der Waals surface area contributed by atoms with Crippen LogP contribution in [0.15, 0.2) is 24.3 Å². The lowest BCUT2D eigenvalue weighted by Gasteiger charge is -2.03. The number of carbonyl (C=O) groups is 2. The number of hydrogen-bond donors (Lipinski definition) is 0. The molecule has 0 radical (unpaired) electrons. The van der Waals surface area contributed by atoms with Crippen LogP contribution in [0, 0.1) is 0 Å². The molecule has 0 amide bonds. The van der Waals surface area contributed by atoms with Crippen LogP contribution >= 0.6 is 0 Å². The first-order valence-corrected chi connectivity index (χ1v) is 8.24. The van der Waals surface area contributed by atoms with E-state index in [1.807, 2.05) is 38.2 Å². The molecule has 0 N–H and O–H groups in total. The van der Waals surface area contributed by atoms with E-state index in [0.29, 0.717) is 26.1 Å². The van der Waals surface area contributed by atoms with E-state index in [-0.39, 0.29) is 11.9 Å². The Bertz CT molecular complexity index is 311. The van der Waals surface area contributed by atoms with E-state index < -0.39 is 0 Å². The van der Waals surface area contributed by atoms with Gasteiger partial charge < -0.3 is 9.47 Å². The van der Waals surface area contributed by atoms with Crippen molar-refractivity contribution in [1.29, 1.82) is 0 Å². The Labute approximate surface area is 134 Å². The monoisotopic (exact) mass is 310 g/mol. The molecule has 0 saturated heterocycles. The molecule has 0 aromatic carbocycles. The zero-order valence-electron chi connectivity index (χ0n) is 14.0. The maximum absolute atomic E-state index is 11.3. The maximum atomic E-state index is 11.3. The van der Waals surface area contributed by atoms with E-state index in [0.717, 1.165) is 38.5 Å². The molecule has 0 saturated carbocycles. The lowest BCUT2D eigenvalue weighted by atomic mass is 10.1. The van der Waals surface area contributed by atoms with Gasteiger partial charge in [0.25, 0.3) is 0 Å². The molecule has 0 fully saturated rings. The van der Waals surface area contributed by atoms with Crippen LogP contribution in [0.5, 0.6) is 0 Å². The summed E-state index contributed by atoms with van der Waals surface area (Å²) in [5, 5.41) is 0. The standard InChI is InChI=1S/C18H30O4/c1-3-5-15-21-17(19)13-11-9-7-8-10-12-14-18(20)22-16-6-4-2/h3-6H,7-16H2,1-2H3/b5-3-,6-4-. The number of rotatable bonds is 13. The Balaban J connectivity index is 3.29. The highest BCUT2D eigenvalue weighted by atomic mass is 16.5. The number of hydrogen-bond acceptors (Lipinski definition) is 4. The molecule has 0 rings (SSSR count). The summed E-state index contributed by atoms with van der Waals surface area (Å²) < 4.78 is 10.0. The van der Waals surface area contributed by atoms with Crippen LogP contribution in [0.2, 0.25) is 0 Å². The molecule has 126 valence electrons. The normalized spacial score (nSPS) is 11.2. The Morgan fingerprint density at radius 2 is 1.05 bits per heavy atom. The molecular formula is C18H30O4. The van der Waals surface area contributed by atoms with E-state index in [2.05, 4.69) is 0 Å². The van der Waals surface area contributed by atoms with Gasteiger partial charge in [-0.05, 0) is 26.7 Å². The summed E-state index contributed by atoms with van der Waals surface area (Å²) in [4.78, 5) is 22.6. The summed E-state index contributed by atoms with van der Waals surface area (Å²) in [6, 6.07) is 0. The van der Waals surface area contributed by atoms with Gasteiger partial charge in [0, 0.05) is 12.8 Å². The number of unbranched alkanes of at least 4 members (excludes halogenated alkanes) is 5. The molecule has 0 aliphatic rings. The van der Waals surface area contributed by atoms with E-state index in [9.17, 15) is 9.59 Å². The van der Waals surface area contributed by atoms with Crippen molar-refractivity contribution in [2.45, 2.75) is 65.2 Å². The fourth-order valence-electron chi connectivity index (χ4n) is 1.86. The molecule has 0 unspecified atom stereocenters. The van der Waals surface area contributed by atoms with Gasteiger partial charge in [0.05, 0.1) is 0 Å². The topological polar surface area (TPSA) is 52.6 Å². The Morgan fingerprint density at radius 3 is 1.41 bits per heavy atom. The molecule has 0 aliphatic heterocycles. The predicted molar refractivity (Wildman–Crippen MR) is 88.5 cm³/mol. The van der Waals surface area contributed by atoms with E-state index in [1.54, 1.807) is 0 Å². The van der Waals surface area contributed by atoms with Crippen molar-refractivity contribution >= 4 is 11.9 Å². The minimum absolute atomic E-state index is 0.123. The van der Waals surface area contributed by atoms with Crippen molar-refractivity contribution in [3.8, 4) is 0 Å². The van der Waals surface area contributed by atoms with Crippen LogP contribution in [0.1, 0.15) is 65.2 Å². The van der Waals surface area contributed by atoms with Crippen LogP contribution < -0.4 is 0 Å². The van der Waals surface area contributed by atoms with E-state index in [4.69, 9.17) is 9.47 Å². The number of esters is 2. The van der Waals surface area contributed by atoms with Gasteiger partial charge >= 0.3 is 11.9 Å².